The number of benzene rings is 2. The average molecular weight is 342 g/mol. The van der Waals surface area contributed by atoms with Gasteiger partial charge in [-0.1, -0.05) is 12.1 Å². The lowest BCUT2D eigenvalue weighted by Gasteiger charge is -2.09. The molecule has 0 aliphatic rings. The Balaban J connectivity index is 1.87. The van der Waals surface area contributed by atoms with E-state index >= 15 is 0 Å². The summed E-state index contributed by atoms with van der Waals surface area (Å²) in [6.07, 6.45) is 1.36. The number of ether oxygens (including phenoxy) is 2. The van der Waals surface area contributed by atoms with Gasteiger partial charge in [-0.05, 0) is 50.1 Å². The molecule has 6 nitrogen and oxygen atoms in total. The Kier molecular flexibility index (Phi) is 6.39. The second-order valence-corrected chi connectivity index (χ2v) is 5.50. The Bertz CT molecular complexity index is 772. The molecule has 25 heavy (non-hydrogen) atoms. The van der Waals surface area contributed by atoms with Crippen LogP contribution < -0.4 is 14.9 Å². The average Bonchev–Trinajstić information content (AvgIpc) is 2.58. The molecular formula is C19H22N2O4. The van der Waals surface area contributed by atoms with Gasteiger partial charge in [0.1, 0.15) is 17.2 Å². The van der Waals surface area contributed by atoms with Gasteiger partial charge >= 0.3 is 0 Å². The topological polar surface area (TPSA) is 80.2 Å². The molecular weight excluding hydrogens is 320 g/mol. The van der Waals surface area contributed by atoms with Gasteiger partial charge in [0, 0.05) is 11.6 Å². The fourth-order valence-electron chi connectivity index (χ4n) is 2.10. The zero-order chi connectivity index (χ0) is 18.2. The fraction of sp³-hybridized carbons (Fsp3) is 0.263. The van der Waals surface area contributed by atoms with E-state index in [1.807, 2.05) is 39.0 Å². The van der Waals surface area contributed by atoms with Gasteiger partial charge in [0.2, 0.25) is 0 Å². The number of hydrogen-bond acceptors (Lipinski definition) is 5. The maximum Gasteiger partial charge on any atom is 0.277 e. The molecule has 0 aromatic heterocycles. The number of aryl methyl sites for hydroxylation is 2. The number of nitrogens with zero attached hydrogens (tertiary/aromatic N) is 1. The number of hydrazone groups is 1. The molecule has 0 radical (unpaired) electrons. The number of carbonyl (C=O) groups excluding carboxylic acids is 1. The highest BCUT2D eigenvalue weighted by Crippen LogP contribution is 2.22. The first-order valence-electron chi connectivity index (χ1n) is 7.97. The van der Waals surface area contributed by atoms with E-state index in [1.165, 1.54) is 12.3 Å². The van der Waals surface area contributed by atoms with E-state index in [9.17, 15) is 9.90 Å². The Hall–Kier alpha value is -3.02. The standard InChI is InChI=1S/C19H22N2O4/c1-4-24-16-8-7-15(17(22)10-16)11-20-21-19(23)12-25-18-9-13(2)5-6-14(18)3/h5-11,22H,4,12H2,1-3H3,(H,21,23). The fourth-order valence-corrected chi connectivity index (χ4v) is 2.10. The van der Waals surface area contributed by atoms with E-state index in [1.54, 1.807) is 12.1 Å². The monoisotopic (exact) mass is 342 g/mol. The van der Waals surface area contributed by atoms with Crippen LogP contribution in [-0.4, -0.2) is 30.4 Å². The molecule has 0 aliphatic heterocycles. The molecule has 2 rings (SSSR count). The molecule has 0 fully saturated rings. The maximum atomic E-state index is 11.8. The van der Waals surface area contributed by atoms with Crippen molar-refractivity contribution in [1.29, 1.82) is 0 Å². The minimum absolute atomic E-state index is 0.0237. The Morgan fingerprint density at radius 1 is 1.20 bits per heavy atom. The number of aromatic hydroxyl groups is 1. The molecule has 2 aromatic rings. The first kappa shape index (κ1) is 18.3. The smallest absolute Gasteiger partial charge is 0.277 e. The van der Waals surface area contributed by atoms with Crippen LogP contribution in [-0.2, 0) is 4.79 Å². The number of phenolic OH excluding ortho intramolecular Hbond substituents is 1. The van der Waals surface area contributed by atoms with Crippen molar-refractivity contribution in [3.05, 3.63) is 53.1 Å². The lowest BCUT2D eigenvalue weighted by Crippen LogP contribution is -2.24. The third-order valence-corrected chi connectivity index (χ3v) is 3.41. The van der Waals surface area contributed by atoms with Gasteiger partial charge in [-0.2, -0.15) is 5.10 Å². The highest BCUT2D eigenvalue weighted by Gasteiger charge is 2.05. The van der Waals surface area contributed by atoms with Crippen molar-refractivity contribution >= 4 is 12.1 Å². The van der Waals surface area contributed by atoms with Gasteiger partial charge in [0.25, 0.3) is 5.91 Å². The van der Waals surface area contributed by atoms with Crippen molar-refractivity contribution < 1.29 is 19.4 Å². The van der Waals surface area contributed by atoms with Gasteiger partial charge in [0.05, 0.1) is 12.8 Å². The van der Waals surface area contributed by atoms with Crippen molar-refractivity contribution in [2.75, 3.05) is 13.2 Å². The number of nitrogens with one attached hydrogen (secondary N) is 1. The second kappa shape index (κ2) is 8.73. The molecule has 0 heterocycles. The number of hydrogen-bond donors (Lipinski definition) is 2. The van der Waals surface area contributed by atoms with Gasteiger partial charge in [0.15, 0.2) is 6.61 Å². The molecule has 0 bridgehead atoms. The first-order valence-corrected chi connectivity index (χ1v) is 7.97. The van der Waals surface area contributed by atoms with Gasteiger partial charge in [-0.3, -0.25) is 4.79 Å². The minimum atomic E-state index is -0.386. The van der Waals surface area contributed by atoms with Gasteiger partial charge in [-0.25, -0.2) is 5.43 Å². The summed E-state index contributed by atoms with van der Waals surface area (Å²) >= 11 is 0. The molecule has 0 spiro atoms. The summed E-state index contributed by atoms with van der Waals surface area (Å²) in [5.41, 5.74) is 4.86. The molecule has 0 aliphatic carbocycles. The molecule has 6 heteroatoms. The number of carbonyl (C=O) groups is 1. The summed E-state index contributed by atoms with van der Waals surface area (Å²) in [7, 11) is 0. The van der Waals surface area contributed by atoms with Crippen LogP contribution in [0.25, 0.3) is 0 Å². The molecule has 2 aromatic carbocycles. The van der Waals surface area contributed by atoms with Crippen LogP contribution in [0.4, 0.5) is 0 Å². The summed E-state index contributed by atoms with van der Waals surface area (Å²) in [6.45, 7) is 6.11. The van der Waals surface area contributed by atoms with Gasteiger partial charge < -0.3 is 14.6 Å². The molecule has 1 amide bonds. The van der Waals surface area contributed by atoms with Crippen molar-refractivity contribution in [2.24, 2.45) is 5.10 Å². The van der Waals surface area contributed by atoms with Crippen LogP contribution in [0.5, 0.6) is 17.2 Å². The summed E-state index contributed by atoms with van der Waals surface area (Å²) in [5.74, 6) is 0.879. The largest absolute Gasteiger partial charge is 0.507 e. The lowest BCUT2D eigenvalue weighted by molar-refractivity contribution is -0.123. The van der Waals surface area contributed by atoms with Gasteiger partial charge in [-0.15, -0.1) is 0 Å². The predicted octanol–water partition coefficient (Wildman–Crippen LogP) is 2.94. The quantitative estimate of drug-likeness (QED) is 0.599. The molecule has 0 saturated heterocycles. The molecule has 0 unspecified atom stereocenters. The number of phenols is 1. The van der Waals surface area contributed by atoms with Crippen molar-refractivity contribution in [1.82, 2.24) is 5.43 Å². The molecule has 0 atom stereocenters. The Morgan fingerprint density at radius 3 is 2.72 bits per heavy atom. The Labute approximate surface area is 147 Å². The zero-order valence-electron chi connectivity index (χ0n) is 14.6. The first-order chi connectivity index (χ1) is 12.0. The molecule has 2 N–H and O–H groups in total. The van der Waals surface area contributed by atoms with E-state index < -0.39 is 0 Å². The highest BCUT2D eigenvalue weighted by atomic mass is 16.5. The summed E-state index contributed by atoms with van der Waals surface area (Å²) in [6, 6.07) is 10.7. The van der Waals surface area contributed by atoms with E-state index in [-0.39, 0.29) is 18.3 Å². The van der Waals surface area contributed by atoms with Crippen LogP contribution in [0, 0.1) is 13.8 Å². The maximum absolute atomic E-state index is 11.8. The van der Waals surface area contributed by atoms with Crippen molar-refractivity contribution in [3.63, 3.8) is 0 Å². The number of rotatable bonds is 7. The normalized spacial score (nSPS) is 10.7. The number of amides is 1. The Morgan fingerprint density at radius 2 is 2.00 bits per heavy atom. The third-order valence-electron chi connectivity index (χ3n) is 3.41. The lowest BCUT2D eigenvalue weighted by atomic mass is 10.1. The third kappa shape index (κ3) is 5.53. The molecule has 132 valence electrons. The van der Waals surface area contributed by atoms with Crippen LogP contribution in [0.1, 0.15) is 23.6 Å². The van der Waals surface area contributed by atoms with Crippen LogP contribution in [0.3, 0.4) is 0 Å². The van der Waals surface area contributed by atoms with Crippen LogP contribution in [0.15, 0.2) is 41.5 Å². The predicted molar refractivity (Wildman–Crippen MR) is 96.4 cm³/mol. The summed E-state index contributed by atoms with van der Waals surface area (Å²) < 4.78 is 10.8. The van der Waals surface area contributed by atoms with E-state index in [4.69, 9.17) is 9.47 Å². The highest BCUT2D eigenvalue weighted by molar-refractivity contribution is 5.85. The zero-order valence-corrected chi connectivity index (χ0v) is 14.6. The van der Waals surface area contributed by atoms with Crippen LogP contribution in [0.2, 0.25) is 0 Å². The van der Waals surface area contributed by atoms with E-state index in [2.05, 4.69) is 10.5 Å². The SMILES string of the molecule is CCOc1ccc(C=NNC(=O)COc2cc(C)ccc2C)c(O)c1. The van der Waals surface area contributed by atoms with E-state index in [0.717, 1.165) is 11.1 Å². The second-order valence-electron chi connectivity index (χ2n) is 5.50. The summed E-state index contributed by atoms with van der Waals surface area (Å²) in [4.78, 5) is 11.8. The summed E-state index contributed by atoms with van der Waals surface area (Å²) in [5, 5.41) is 13.7. The van der Waals surface area contributed by atoms with Crippen molar-refractivity contribution in [3.8, 4) is 17.2 Å². The minimum Gasteiger partial charge on any atom is -0.507 e. The van der Waals surface area contributed by atoms with Crippen molar-refractivity contribution in [2.45, 2.75) is 20.8 Å². The molecule has 0 saturated carbocycles. The van der Waals surface area contributed by atoms with Crippen LogP contribution >= 0.6 is 0 Å². The van der Waals surface area contributed by atoms with E-state index in [0.29, 0.717) is 23.7 Å².